The molecular formula is C16H22N2O. The van der Waals surface area contributed by atoms with Gasteiger partial charge in [0.2, 0.25) is 0 Å². The number of carbonyl (C=O) groups excluding carboxylic acids is 1. The van der Waals surface area contributed by atoms with E-state index >= 15 is 0 Å². The Morgan fingerprint density at radius 1 is 1.37 bits per heavy atom. The third kappa shape index (κ3) is 4.40. The average molecular weight is 258 g/mol. The molecule has 102 valence electrons. The summed E-state index contributed by atoms with van der Waals surface area (Å²) in [6.07, 6.45) is 0.978. The van der Waals surface area contributed by atoms with E-state index in [1.165, 1.54) is 0 Å². The van der Waals surface area contributed by atoms with E-state index < -0.39 is 0 Å². The molecule has 3 heteroatoms. The van der Waals surface area contributed by atoms with Gasteiger partial charge in [0, 0.05) is 30.8 Å². The fraction of sp³-hybridized carbons (Fsp3) is 0.500. The summed E-state index contributed by atoms with van der Waals surface area (Å²) in [6.45, 7) is 7.69. The van der Waals surface area contributed by atoms with Gasteiger partial charge in [-0.3, -0.25) is 4.79 Å². The first-order chi connectivity index (χ1) is 9.10. The Labute approximate surface area is 115 Å². The minimum Gasteiger partial charge on any atom is -0.370 e. The molecule has 0 spiro atoms. The standard InChI is InChI=1S/C16H22N2O/c1-4-16(19)14-8-5-6-9-15(14)18(11-7-10-17)12-13(2)3/h5-6,8-9,13H,4,7,11-12H2,1-3H3. The van der Waals surface area contributed by atoms with Crippen LogP contribution in [0.3, 0.4) is 0 Å². The summed E-state index contributed by atoms with van der Waals surface area (Å²) in [7, 11) is 0. The Bertz CT molecular complexity index is 460. The Hall–Kier alpha value is -1.82. The maximum atomic E-state index is 12.0. The van der Waals surface area contributed by atoms with E-state index in [2.05, 4.69) is 24.8 Å². The van der Waals surface area contributed by atoms with Gasteiger partial charge in [-0.05, 0) is 18.1 Å². The number of rotatable bonds is 7. The molecule has 1 rings (SSSR count). The summed E-state index contributed by atoms with van der Waals surface area (Å²) in [4.78, 5) is 14.2. The van der Waals surface area contributed by atoms with E-state index in [9.17, 15) is 4.79 Å². The predicted octanol–water partition coefficient (Wildman–Crippen LogP) is 3.66. The molecule has 19 heavy (non-hydrogen) atoms. The molecule has 0 saturated heterocycles. The molecule has 0 aromatic heterocycles. The van der Waals surface area contributed by atoms with Crippen molar-refractivity contribution in [2.75, 3.05) is 18.0 Å². The van der Waals surface area contributed by atoms with Gasteiger partial charge >= 0.3 is 0 Å². The van der Waals surface area contributed by atoms with Crippen molar-refractivity contribution in [1.82, 2.24) is 0 Å². The van der Waals surface area contributed by atoms with Crippen molar-refractivity contribution >= 4 is 11.5 Å². The highest BCUT2D eigenvalue weighted by atomic mass is 16.1. The smallest absolute Gasteiger partial charge is 0.164 e. The molecule has 0 atom stereocenters. The lowest BCUT2D eigenvalue weighted by Gasteiger charge is -2.27. The first-order valence-corrected chi connectivity index (χ1v) is 6.84. The van der Waals surface area contributed by atoms with Crippen LogP contribution in [0.15, 0.2) is 24.3 Å². The Morgan fingerprint density at radius 2 is 2.05 bits per heavy atom. The molecule has 1 aromatic rings. The lowest BCUT2D eigenvalue weighted by atomic mass is 10.0. The van der Waals surface area contributed by atoms with Gasteiger partial charge in [-0.1, -0.05) is 32.9 Å². The molecule has 0 unspecified atom stereocenters. The van der Waals surface area contributed by atoms with E-state index in [1.807, 2.05) is 31.2 Å². The van der Waals surface area contributed by atoms with Gasteiger partial charge in [0.05, 0.1) is 12.5 Å². The summed E-state index contributed by atoms with van der Waals surface area (Å²) in [6, 6.07) is 9.87. The van der Waals surface area contributed by atoms with Crippen LogP contribution in [-0.2, 0) is 0 Å². The van der Waals surface area contributed by atoms with Crippen LogP contribution in [0.1, 0.15) is 44.0 Å². The maximum Gasteiger partial charge on any atom is 0.164 e. The largest absolute Gasteiger partial charge is 0.370 e. The van der Waals surface area contributed by atoms with Gasteiger partial charge < -0.3 is 4.90 Å². The summed E-state index contributed by atoms with van der Waals surface area (Å²) in [5.74, 6) is 0.643. The molecule has 3 nitrogen and oxygen atoms in total. The monoisotopic (exact) mass is 258 g/mol. The van der Waals surface area contributed by atoms with Crippen molar-refractivity contribution in [3.63, 3.8) is 0 Å². The van der Waals surface area contributed by atoms with E-state index in [0.717, 1.165) is 17.8 Å². The fourth-order valence-electron chi connectivity index (χ4n) is 2.11. The van der Waals surface area contributed by atoms with Crippen LogP contribution in [0.2, 0.25) is 0 Å². The fourth-order valence-corrected chi connectivity index (χ4v) is 2.11. The summed E-state index contributed by atoms with van der Waals surface area (Å²) >= 11 is 0. The zero-order valence-electron chi connectivity index (χ0n) is 12.0. The highest BCUT2D eigenvalue weighted by molar-refractivity contribution is 6.01. The van der Waals surface area contributed by atoms with Crippen LogP contribution in [0.4, 0.5) is 5.69 Å². The number of nitrogens with zero attached hydrogens (tertiary/aromatic N) is 2. The highest BCUT2D eigenvalue weighted by Gasteiger charge is 2.15. The number of para-hydroxylation sites is 1. The first-order valence-electron chi connectivity index (χ1n) is 6.84. The number of hydrogen-bond acceptors (Lipinski definition) is 3. The Kier molecular flexibility index (Phi) is 6.08. The van der Waals surface area contributed by atoms with Gasteiger partial charge in [-0.25, -0.2) is 0 Å². The van der Waals surface area contributed by atoms with Crippen molar-refractivity contribution < 1.29 is 4.79 Å². The van der Waals surface area contributed by atoms with Crippen LogP contribution in [0.5, 0.6) is 0 Å². The van der Waals surface area contributed by atoms with Crippen molar-refractivity contribution in [2.45, 2.75) is 33.6 Å². The van der Waals surface area contributed by atoms with Crippen LogP contribution >= 0.6 is 0 Å². The SMILES string of the molecule is CCC(=O)c1ccccc1N(CCC#N)CC(C)C. The normalized spacial score (nSPS) is 10.3. The quantitative estimate of drug-likeness (QED) is 0.701. The Balaban J connectivity index is 3.07. The molecule has 0 radical (unpaired) electrons. The minimum absolute atomic E-state index is 0.154. The molecule has 1 aromatic carbocycles. The predicted molar refractivity (Wildman–Crippen MR) is 78.3 cm³/mol. The van der Waals surface area contributed by atoms with E-state index in [-0.39, 0.29) is 5.78 Å². The van der Waals surface area contributed by atoms with Crippen LogP contribution < -0.4 is 4.90 Å². The van der Waals surface area contributed by atoms with E-state index in [4.69, 9.17) is 5.26 Å². The minimum atomic E-state index is 0.154. The lowest BCUT2D eigenvalue weighted by Crippen LogP contribution is -2.30. The van der Waals surface area contributed by atoms with Crippen molar-refractivity contribution in [2.24, 2.45) is 5.92 Å². The molecule has 0 N–H and O–H groups in total. The molecule has 0 fully saturated rings. The summed E-state index contributed by atoms with van der Waals surface area (Å²) in [5.41, 5.74) is 1.72. The number of nitriles is 1. The van der Waals surface area contributed by atoms with Gasteiger partial charge in [0.25, 0.3) is 0 Å². The van der Waals surface area contributed by atoms with Crippen molar-refractivity contribution in [3.8, 4) is 6.07 Å². The second-order valence-corrected chi connectivity index (χ2v) is 5.04. The van der Waals surface area contributed by atoms with Crippen LogP contribution in [0.25, 0.3) is 0 Å². The average Bonchev–Trinajstić information content (AvgIpc) is 2.42. The molecule has 0 aliphatic rings. The molecule has 0 aliphatic heterocycles. The molecular weight excluding hydrogens is 236 g/mol. The zero-order chi connectivity index (χ0) is 14.3. The van der Waals surface area contributed by atoms with Crippen LogP contribution in [-0.4, -0.2) is 18.9 Å². The van der Waals surface area contributed by atoms with Gasteiger partial charge in [-0.2, -0.15) is 5.26 Å². The molecule has 0 amide bonds. The molecule has 0 bridgehead atoms. The Morgan fingerprint density at radius 3 is 2.63 bits per heavy atom. The first kappa shape index (κ1) is 15.2. The van der Waals surface area contributed by atoms with Crippen LogP contribution in [0, 0.1) is 17.2 Å². The third-order valence-corrected chi connectivity index (χ3v) is 2.95. The number of ketones is 1. The number of carbonyl (C=O) groups is 1. The van der Waals surface area contributed by atoms with Gasteiger partial charge in [-0.15, -0.1) is 0 Å². The molecule has 0 saturated carbocycles. The molecule has 0 aliphatic carbocycles. The van der Waals surface area contributed by atoms with Crippen molar-refractivity contribution in [3.05, 3.63) is 29.8 Å². The maximum absolute atomic E-state index is 12.0. The number of anilines is 1. The van der Waals surface area contributed by atoms with Gasteiger partial charge in [0.15, 0.2) is 5.78 Å². The van der Waals surface area contributed by atoms with Crippen molar-refractivity contribution in [1.29, 1.82) is 5.26 Å². The topological polar surface area (TPSA) is 44.1 Å². The molecule has 0 heterocycles. The van der Waals surface area contributed by atoms with Gasteiger partial charge in [0.1, 0.15) is 0 Å². The number of benzene rings is 1. The number of hydrogen-bond donors (Lipinski definition) is 0. The van der Waals surface area contributed by atoms with E-state index in [0.29, 0.717) is 25.3 Å². The second-order valence-electron chi connectivity index (χ2n) is 5.04. The summed E-state index contributed by atoms with van der Waals surface area (Å²) < 4.78 is 0. The second kappa shape index (κ2) is 7.58. The highest BCUT2D eigenvalue weighted by Crippen LogP contribution is 2.23. The number of Topliss-reactive ketones (excluding diaryl/α,β-unsaturated/α-hetero) is 1. The zero-order valence-corrected chi connectivity index (χ0v) is 12.0. The summed E-state index contributed by atoms with van der Waals surface area (Å²) in [5, 5.41) is 8.78. The lowest BCUT2D eigenvalue weighted by molar-refractivity contribution is 0.0988. The van der Waals surface area contributed by atoms with E-state index in [1.54, 1.807) is 0 Å². The third-order valence-electron chi connectivity index (χ3n) is 2.95.